The molecule has 1 aromatic carbocycles. The zero-order valence-electron chi connectivity index (χ0n) is 12.1. The number of hydrogen-bond acceptors (Lipinski definition) is 3. The Morgan fingerprint density at radius 2 is 2.14 bits per heavy atom. The molecular formula is C17H19N3O. The van der Waals surface area contributed by atoms with Crippen LogP contribution in [0.2, 0.25) is 0 Å². The molecule has 4 heteroatoms. The number of nitrogens with zero attached hydrogens (tertiary/aromatic N) is 1. The largest absolute Gasteiger partial charge is 0.324 e. The monoisotopic (exact) mass is 281 g/mol. The highest BCUT2D eigenvalue weighted by Gasteiger charge is 2.22. The van der Waals surface area contributed by atoms with Crippen LogP contribution in [-0.4, -0.2) is 16.9 Å². The van der Waals surface area contributed by atoms with E-state index in [0.29, 0.717) is 6.54 Å². The summed E-state index contributed by atoms with van der Waals surface area (Å²) < 4.78 is 0. The number of anilines is 1. The molecule has 1 atom stereocenters. The van der Waals surface area contributed by atoms with Gasteiger partial charge in [0.1, 0.15) is 0 Å². The lowest BCUT2D eigenvalue weighted by Crippen LogP contribution is -2.39. The van der Waals surface area contributed by atoms with Crippen molar-refractivity contribution in [3.8, 4) is 0 Å². The second kappa shape index (κ2) is 6.06. The van der Waals surface area contributed by atoms with Crippen LogP contribution >= 0.6 is 0 Å². The van der Waals surface area contributed by atoms with E-state index in [0.717, 1.165) is 29.8 Å². The minimum Gasteiger partial charge on any atom is -0.324 e. The molecule has 0 fully saturated rings. The predicted molar refractivity (Wildman–Crippen MR) is 83.0 cm³/mol. The van der Waals surface area contributed by atoms with Crippen molar-refractivity contribution in [3.63, 3.8) is 0 Å². The molecule has 0 spiro atoms. The van der Waals surface area contributed by atoms with Gasteiger partial charge in [-0.15, -0.1) is 0 Å². The Bertz CT molecular complexity index is 654. The predicted octanol–water partition coefficient (Wildman–Crippen LogP) is 2.43. The Balaban J connectivity index is 1.68. The zero-order valence-corrected chi connectivity index (χ0v) is 12.1. The number of carbonyl (C=O) groups excluding carboxylic acids is 1. The molecule has 0 aliphatic carbocycles. The Kier molecular flexibility index (Phi) is 3.97. The second-order valence-electron chi connectivity index (χ2n) is 5.39. The van der Waals surface area contributed by atoms with Gasteiger partial charge in [0.25, 0.3) is 0 Å². The molecule has 2 heterocycles. The van der Waals surface area contributed by atoms with Crippen molar-refractivity contribution in [2.75, 3.05) is 5.32 Å². The minimum absolute atomic E-state index is 0.0357. The first-order chi connectivity index (χ1) is 10.2. The van der Waals surface area contributed by atoms with Gasteiger partial charge in [-0.1, -0.05) is 24.3 Å². The number of amides is 1. The van der Waals surface area contributed by atoms with Crippen molar-refractivity contribution >= 4 is 11.6 Å². The van der Waals surface area contributed by atoms with E-state index >= 15 is 0 Å². The highest BCUT2D eigenvalue weighted by molar-refractivity contribution is 5.96. The first-order valence-electron chi connectivity index (χ1n) is 7.26. The number of nitrogens with one attached hydrogen (secondary N) is 2. The maximum atomic E-state index is 12.3. The summed E-state index contributed by atoms with van der Waals surface area (Å²) in [6.45, 7) is 2.65. The maximum Gasteiger partial charge on any atom is 0.241 e. The summed E-state index contributed by atoms with van der Waals surface area (Å²) in [6.07, 6.45) is 3.48. The first-order valence-corrected chi connectivity index (χ1v) is 7.26. The molecule has 108 valence electrons. The lowest BCUT2D eigenvalue weighted by atomic mass is 10.1. The van der Waals surface area contributed by atoms with Gasteiger partial charge in [0.2, 0.25) is 5.91 Å². The highest BCUT2D eigenvalue weighted by atomic mass is 16.2. The summed E-state index contributed by atoms with van der Waals surface area (Å²) in [5, 5.41) is 6.33. The second-order valence-corrected chi connectivity index (χ2v) is 5.39. The van der Waals surface area contributed by atoms with Gasteiger partial charge in [0.15, 0.2) is 0 Å². The van der Waals surface area contributed by atoms with Crippen molar-refractivity contribution in [2.45, 2.75) is 32.4 Å². The van der Waals surface area contributed by atoms with Crippen LogP contribution in [0.15, 0.2) is 42.6 Å². The fraction of sp³-hybridized carbons (Fsp3) is 0.294. The van der Waals surface area contributed by atoms with E-state index < -0.39 is 0 Å². The summed E-state index contributed by atoms with van der Waals surface area (Å²) in [4.78, 5) is 16.6. The summed E-state index contributed by atoms with van der Waals surface area (Å²) >= 11 is 0. The molecule has 2 aromatic rings. The highest BCUT2D eigenvalue weighted by Crippen LogP contribution is 2.21. The number of carbonyl (C=O) groups is 1. The average Bonchev–Trinajstić information content (AvgIpc) is 2.65. The van der Waals surface area contributed by atoms with E-state index in [1.807, 2.05) is 37.3 Å². The molecule has 0 saturated heterocycles. The van der Waals surface area contributed by atoms with Crippen LogP contribution < -0.4 is 10.6 Å². The minimum atomic E-state index is -0.182. The molecule has 1 unspecified atom stereocenters. The Morgan fingerprint density at radius 1 is 1.29 bits per heavy atom. The number of para-hydroxylation sites is 1. The first kappa shape index (κ1) is 13.8. The van der Waals surface area contributed by atoms with E-state index in [-0.39, 0.29) is 11.9 Å². The molecular weight excluding hydrogens is 262 g/mol. The van der Waals surface area contributed by atoms with Crippen LogP contribution in [0.25, 0.3) is 0 Å². The van der Waals surface area contributed by atoms with E-state index in [1.54, 1.807) is 6.20 Å². The SMILES string of the molecule is Cc1cccnc1CNC1CCc2ccccc2NC1=O. The third-order valence-corrected chi connectivity index (χ3v) is 3.93. The van der Waals surface area contributed by atoms with Gasteiger partial charge in [0.05, 0.1) is 11.7 Å². The lowest BCUT2D eigenvalue weighted by molar-refractivity contribution is -0.118. The van der Waals surface area contributed by atoms with Gasteiger partial charge in [-0.25, -0.2) is 0 Å². The Labute approximate surface area is 124 Å². The summed E-state index contributed by atoms with van der Waals surface area (Å²) in [5.41, 5.74) is 4.26. The fourth-order valence-corrected chi connectivity index (χ4v) is 2.63. The van der Waals surface area contributed by atoms with Crippen LogP contribution in [0.1, 0.15) is 23.2 Å². The summed E-state index contributed by atoms with van der Waals surface area (Å²) in [5.74, 6) is 0.0357. The smallest absolute Gasteiger partial charge is 0.241 e. The quantitative estimate of drug-likeness (QED) is 0.908. The third-order valence-electron chi connectivity index (χ3n) is 3.93. The van der Waals surface area contributed by atoms with Crippen LogP contribution in [0, 0.1) is 6.92 Å². The molecule has 4 nitrogen and oxygen atoms in total. The topological polar surface area (TPSA) is 54.0 Å². The number of rotatable bonds is 3. The van der Waals surface area contributed by atoms with Crippen molar-refractivity contribution in [3.05, 3.63) is 59.4 Å². The number of benzene rings is 1. The number of aromatic nitrogens is 1. The van der Waals surface area contributed by atoms with E-state index in [2.05, 4.69) is 21.7 Å². The number of aryl methyl sites for hydroxylation is 2. The molecule has 1 aliphatic rings. The molecule has 0 bridgehead atoms. The van der Waals surface area contributed by atoms with E-state index in [1.165, 1.54) is 5.56 Å². The molecule has 2 N–H and O–H groups in total. The van der Waals surface area contributed by atoms with Gasteiger partial charge >= 0.3 is 0 Å². The third kappa shape index (κ3) is 3.11. The molecule has 1 amide bonds. The maximum absolute atomic E-state index is 12.3. The van der Waals surface area contributed by atoms with Crippen molar-refractivity contribution in [1.82, 2.24) is 10.3 Å². The number of pyridine rings is 1. The van der Waals surface area contributed by atoms with Crippen LogP contribution in [0.3, 0.4) is 0 Å². The van der Waals surface area contributed by atoms with Gasteiger partial charge in [-0.05, 0) is 43.0 Å². The van der Waals surface area contributed by atoms with Gasteiger partial charge in [-0.3, -0.25) is 9.78 Å². The van der Waals surface area contributed by atoms with E-state index in [4.69, 9.17) is 0 Å². The van der Waals surface area contributed by atoms with Crippen LogP contribution in [0.5, 0.6) is 0 Å². The van der Waals surface area contributed by atoms with Gasteiger partial charge in [0, 0.05) is 18.4 Å². The number of fused-ring (bicyclic) bond motifs is 1. The Hall–Kier alpha value is -2.20. The van der Waals surface area contributed by atoms with E-state index in [9.17, 15) is 4.79 Å². The standard InChI is InChI=1S/C17H19N3O/c1-12-5-4-10-18-16(12)11-19-15-9-8-13-6-2-3-7-14(13)20-17(15)21/h2-7,10,15,19H,8-9,11H2,1H3,(H,20,21). The van der Waals surface area contributed by atoms with Crippen molar-refractivity contribution in [1.29, 1.82) is 0 Å². The van der Waals surface area contributed by atoms with Gasteiger partial charge < -0.3 is 10.6 Å². The van der Waals surface area contributed by atoms with Crippen molar-refractivity contribution < 1.29 is 4.79 Å². The molecule has 21 heavy (non-hydrogen) atoms. The average molecular weight is 281 g/mol. The van der Waals surface area contributed by atoms with Gasteiger partial charge in [-0.2, -0.15) is 0 Å². The molecule has 0 radical (unpaired) electrons. The lowest BCUT2D eigenvalue weighted by Gasteiger charge is -2.15. The Morgan fingerprint density at radius 3 is 3.00 bits per heavy atom. The fourth-order valence-electron chi connectivity index (χ4n) is 2.63. The van der Waals surface area contributed by atoms with Crippen LogP contribution in [-0.2, 0) is 17.8 Å². The molecule has 1 aliphatic heterocycles. The number of hydrogen-bond donors (Lipinski definition) is 2. The molecule has 3 rings (SSSR count). The molecule has 0 saturated carbocycles. The van der Waals surface area contributed by atoms with Crippen LogP contribution in [0.4, 0.5) is 5.69 Å². The summed E-state index contributed by atoms with van der Waals surface area (Å²) in [7, 11) is 0. The normalized spacial score (nSPS) is 17.8. The molecule has 1 aromatic heterocycles. The summed E-state index contributed by atoms with van der Waals surface area (Å²) in [6, 6.07) is 11.8. The van der Waals surface area contributed by atoms with Crippen molar-refractivity contribution in [2.24, 2.45) is 0 Å². The zero-order chi connectivity index (χ0) is 14.7.